The number of aliphatic carboxylic acids is 1. The van der Waals surface area contributed by atoms with Crippen LogP contribution in [0.25, 0.3) is 0 Å². The van der Waals surface area contributed by atoms with Crippen LogP contribution < -0.4 is 10.1 Å². The second kappa shape index (κ2) is 13.7. The largest absolute Gasteiger partial charge is 0.497 e. The number of benzene rings is 1. The second-order valence-electron chi connectivity index (χ2n) is 15.3. The third kappa shape index (κ3) is 7.20. The fourth-order valence-electron chi connectivity index (χ4n) is 10.0. The van der Waals surface area contributed by atoms with E-state index < -0.39 is 28.5 Å². The number of carbonyl (C=O) groups excluding carboxylic acids is 1. The highest BCUT2D eigenvalue weighted by Gasteiger charge is 2.56. The maximum Gasteiger partial charge on any atom is 0.397 e. The molecule has 5 rings (SSSR count). The quantitative estimate of drug-likeness (QED) is 0.124. The van der Waals surface area contributed by atoms with Crippen LogP contribution in [0.2, 0.25) is 0 Å². The Labute approximate surface area is 280 Å². The van der Waals surface area contributed by atoms with E-state index in [0.717, 1.165) is 56.9 Å². The van der Waals surface area contributed by atoms with Gasteiger partial charge in [-0.25, -0.2) is 8.98 Å². The lowest BCUT2D eigenvalue weighted by Crippen LogP contribution is -2.48. The number of carboxylic acids is 1. The maximum absolute atomic E-state index is 13.2. The fraction of sp³-hybridized carbons (Fsp3) is 0.676. The molecule has 47 heavy (non-hydrogen) atoms. The van der Waals surface area contributed by atoms with E-state index in [9.17, 15) is 27.7 Å². The van der Waals surface area contributed by atoms with Crippen LogP contribution in [0, 0.1) is 34.5 Å². The van der Waals surface area contributed by atoms with Gasteiger partial charge in [-0.2, -0.15) is 8.42 Å². The number of carboxylic acid groups (broad SMARTS) is 1. The Bertz CT molecular complexity index is 1530. The number of rotatable bonds is 11. The lowest BCUT2D eigenvalue weighted by atomic mass is 9.49. The average molecular weight is 672 g/mol. The third-order valence-electron chi connectivity index (χ3n) is 12.9. The summed E-state index contributed by atoms with van der Waals surface area (Å²) >= 11 is 0. The first-order chi connectivity index (χ1) is 22.1. The zero-order valence-corrected chi connectivity index (χ0v) is 29.6. The van der Waals surface area contributed by atoms with Gasteiger partial charge in [-0.15, -0.1) is 0 Å². The Morgan fingerprint density at radius 2 is 1.74 bits per heavy atom. The van der Waals surface area contributed by atoms with Gasteiger partial charge in [-0.1, -0.05) is 49.6 Å². The molecule has 0 saturated heterocycles. The summed E-state index contributed by atoms with van der Waals surface area (Å²) in [4.78, 5) is 25.2. The second-order valence-corrected chi connectivity index (χ2v) is 16.3. The van der Waals surface area contributed by atoms with E-state index in [1.54, 1.807) is 49.4 Å². The van der Waals surface area contributed by atoms with E-state index in [-0.39, 0.29) is 16.7 Å². The molecule has 9 nitrogen and oxygen atoms in total. The summed E-state index contributed by atoms with van der Waals surface area (Å²) < 4.78 is 42.2. The van der Waals surface area contributed by atoms with Gasteiger partial charge >= 0.3 is 16.4 Å². The van der Waals surface area contributed by atoms with Gasteiger partial charge in [0.2, 0.25) is 5.91 Å². The van der Waals surface area contributed by atoms with E-state index in [1.165, 1.54) is 6.42 Å². The highest BCUT2D eigenvalue weighted by molar-refractivity contribution is 7.80. The van der Waals surface area contributed by atoms with Crippen molar-refractivity contribution in [1.82, 2.24) is 5.32 Å². The van der Waals surface area contributed by atoms with Gasteiger partial charge in [0.1, 0.15) is 5.75 Å². The molecule has 3 N–H and O–H groups in total. The predicted molar refractivity (Wildman–Crippen MR) is 180 cm³/mol. The third-order valence-corrected chi connectivity index (χ3v) is 13.4. The Morgan fingerprint density at radius 1 is 1.04 bits per heavy atom. The molecule has 0 bridgehead atoms. The molecule has 3 saturated carbocycles. The Morgan fingerprint density at radius 3 is 2.38 bits per heavy atom. The van der Waals surface area contributed by atoms with Gasteiger partial charge in [0.15, 0.2) is 6.04 Å². The van der Waals surface area contributed by atoms with E-state index in [0.29, 0.717) is 53.4 Å². The van der Waals surface area contributed by atoms with Gasteiger partial charge in [0.25, 0.3) is 0 Å². The molecule has 0 aromatic heterocycles. The number of allylic oxidation sites excluding steroid dienone is 3. The Kier molecular flexibility index (Phi) is 10.4. The zero-order valence-electron chi connectivity index (χ0n) is 28.8. The molecule has 0 aliphatic heterocycles. The number of hydrogen-bond donors (Lipinski definition) is 3. The molecule has 1 aromatic rings. The van der Waals surface area contributed by atoms with Crippen molar-refractivity contribution in [3.05, 3.63) is 52.1 Å². The van der Waals surface area contributed by atoms with Crippen molar-refractivity contribution >= 4 is 22.3 Å². The summed E-state index contributed by atoms with van der Waals surface area (Å²) in [6.07, 6.45) is 10.4. The normalized spacial score (nSPS) is 32.3. The molecule has 4 aliphatic rings. The van der Waals surface area contributed by atoms with Crippen LogP contribution in [0.15, 0.2) is 46.6 Å². The molecule has 8 atom stereocenters. The monoisotopic (exact) mass is 671 g/mol. The standard InChI is InChI=1S/C37H53NO8S/c1-22(24(3)34(39)38-33(35(40)41)25-9-12-27(45-6)13-10-25)7-8-23(2)30-15-16-31-29-14-11-26-21-28(46-47(42,43)44)17-19-36(26,4)32(29)18-20-37(30,31)5/h9-10,12-13,23,26,28,30,32-33H,7-8,11,14-21H2,1-6H3,(H,38,39)(H,40,41)(H,42,43,44). The van der Waals surface area contributed by atoms with Gasteiger partial charge in [-0.3, -0.25) is 9.35 Å². The van der Waals surface area contributed by atoms with E-state index in [1.807, 2.05) is 6.92 Å². The predicted octanol–water partition coefficient (Wildman–Crippen LogP) is 7.60. The summed E-state index contributed by atoms with van der Waals surface area (Å²) in [5.41, 5.74) is 5.71. The molecule has 1 aromatic carbocycles. The molecular formula is C37H53NO8S. The van der Waals surface area contributed by atoms with Crippen LogP contribution in [-0.2, 0) is 24.2 Å². The summed E-state index contributed by atoms with van der Waals surface area (Å²) in [6.45, 7) is 11.0. The molecule has 0 radical (unpaired) electrons. The first kappa shape index (κ1) is 35.6. The molecule has 0 heterocycles. The van der Waals surface area contributed by atoms with Gasteiger partial charge in [-0.05, 0) is 137 Å². The molecular weight excluding hydrogens is 618 g/mol. The van der Waals surface area contributed by atoms with E-state index in [2.05, 4.69) is 26.1 Å². The van der Waals surface area contributed by atoms with Crippen molar-refractivity contribution in [2.75, 3.05) is 7.11 Å². The van der Waals surface area contributed by atoms with Crippen LogP contribution in [0.4, 0.5) is 0 Å². The van der Waals surface area contributed by atoms with Crippen LogP contribution in [0.3, 0.4) is 0 Å². The summed E-state index contributed by atoms with van der Waals surface area (Å²) in [5.74, 6) is 1.12. The molecule has 4 aliphatic carbocycles. The first-order valence-electron chi connectivity index (χ1n) is 17.3. The number of nitrogens with one attached hydrogen (secondary N) is 1. The first-order valence-corrected chi connectivity index (χ1v) is 18.7. The Hall–Kier alpha value is -2.69. The van der Waals surface area contributed by atoms with Crippen molar-refractivity contribution in [2.24, 2.45) is 34.5 Å². The number of ether oxygens (including phenoxy) is 1. The SMILES string of the molecule is COc1ccc(C(NC(=O)C(C)=C(C)CCC(C)C2CCC3=C4CCC5CC(OS(=O)(=O)O)CCC5(C)C4CCC32C)C(=O)O)cc1. The van der Waals surface area contributed by atoms with Crippen molar-refractivity contribution < 1.29 is 36.6 Å². The molecule has 260 valence electrons. The van der Waals surface area contributed by atoms with Crippen molar-refractivity contribution in [3.8, 4) is 5.75 Å². The average Bonchev–Trinajstić information content (AvgIpc) is 3.38. The summed E-state index contributed by atoms with van der Waals surface area (Å²) in [7, 11) is -2.89. The number of carbonyl (C=O) groups is 2. The van der Waals surface area contributed by atoms with Crippen LogP contribution in [0.1, 0.15) is 117 Å². The molecule has 3 fully saturated rings. The minimum atomic E-state index is -4.44. The van der Waals surface area contributed by atoms with Crippen LogP contribution in [-0.4, -0.2) is 43.2 Å². The zero-order chi connectivity index (χ0) is 34.3. The van der Waals surface area contributed by atoms with Crippen molar-refractivity contribution in [3.63, 3.8) is 0 Å². The van der Waals surface area contributed by atoms with Crippen LogP contribution in [0.5, 0.6) is 5.75 Å². The van der Waals surface area contributed by atoms with Gasteiger partial charge < -0.3 is 15.2 Å². The molecule has 0 spiro atoms. The molecule has 10 heteroatoms. The van der Waals surface area contributed by atoms with Crippen molar-refractivity contribution in [1.29, 1.82) is 0 Å². The molecule has 8 unspecified atom stereocenters. The van der Waals surface area contributed by atoms with Crippen molar-refractivity contribution in [2.45, 2.75) is 117 Å². The topological polar surface area (TPSA) is 139 Å². The number of amides is 1. The highest BCUT2D eigenvalue weighted by atomic mass is 32.3. The van der Waals surface area contributed by atoms with E-state index >= 15 is 0 Å². The minimum Gasteiger partial charge on any atom is -0.497 e. The highest BCUT2D eigenvalue weighted by Crippen LogP contribution is 2.66. The summed E-state index contributed by atoms with van der Waals surface area (Å²) in [5, 5.41) is 12.5. The summed E-state index contributed by atoms with van der Waals surface area (Å²) in [6, 6.07) is 5.54. The van der Waals surface area contributed by atoms with Gasteiger partial charge in [0, 0.05) is 5.57 Å². The number of methoxy groups -OCH3 is 1. The lowest BCUT2D eigenvalue weighted by molar-refractivity contribution is -0.141. The molecule has 1 amide bonds. The maximum atomic E-state index is 13.2. The van der Waals surface area contributed by atoms with Crippen LogP contribution >= 0.6 is 0 Å². The van der Waals surface area contributed by atoms with E-state index in [4.69, 9.17) is 8.92 Å². The number of hydrogen-bond acceptors (Lipinski definition) is 6. The Balaban J connectivity index is 1.23. The number of fused-ring (bicyclic) bond motifs is 4. The fourth-order valence-corrected chi connectivity index (χ4v) is 10.5. The lowest BCUT2D eigenvalue weighted by Gasteiger charge is -2.57. The van der Waals surface area contributed by atoms with Gasteiger partial charge in [0.05, 0.1) is 13.2 Å². The minimum absolute atomic E-state index is 0.137. The smallest absolute Gasteiger partial charge is 0.397 e.